The maximum Gasteiger partial charge on any atom is 0.133 e. The van der Waals surface area contributed by atoms with Gasteiger partial charge >= 0.3 is 0 Å². The molecule has 2 heterocycles. The van der Waals surface area contributed by atoms with Gasteiger partial charge in [-0.2, -0.15) is 0 Å². The Morgan fingerprint density at radius 3 is 2.79 bits per heavy atom. The van der Waals surface area contributed by atoms with Crippen molar-refractivity contribution in [2.45, 2.75) is 32.3 Å². The summed E-state index contributed by atoms with van der Waals surface area (Å²) in [6.45, 7) is 4.64. The largest absolute Gasteiger partial charge is 0.507 e. The van der Waals surface area contributed by atoms with E-state index in [9.17, 15) is 5.11 Å². The van der Waals surface area contributed by atoms with Crippen LogP contribution in [0.2, 0.25) is 0 Å². The zero-order valence-electron chi connectivity index (χ0n) is 13.9. The Balaban J connectivity index is 1.75. The number of hydrogen-bond acceptors (Lipinski definition) is 3. The van der Waals surface area contributed by atoms with Crippen LogP contribution in [0.5, 0.6) is 17.2 Å². The van der Waals surface area contributed by atoms with Gasteiger partial charge < -0.3 is 14.6 Å². The van der Waals surface area contributed by atoms with Gasteiger partial charge in [0.2, 0.25) is 0 Å². The Kier molecular flexibility index (Phi) is 3.38. The molecule has 2 aromatic carbocycles. The van der Waals surface area contributed by atoms with E-state index in [4.69, 9.17) is 17.3 Å². The number of ether oxygens (including phenoxy) is 2. The average Bonchev–Trinajstić information content (AvgIpc) is 2.53. The van der Waals surface area contributed by atoms with Gasteiger partial charge in [0, 0.05) is 22.3 Å². The maximum atomic E-state index is 10.1. The van der Waals surface area contributed by atoms with E-state index in [0.717, 1.165) is 46.6 Å². The number of aromatic hydroxyl groups is 1. The van der Waals surface area contributed by atoms with Crippen LogP contribution in [0.4, 0.5) is 0 Å². The minimum Gasteiger partial charge on any atom is -0.507 e. The second-order valence-corrected chi connectivity index (χ2v) is 7.06. The van der Waals surface area contributed by atoms with Gasteiger partial charge in [-0.05, 0) is 51.0 Å². The molecule has 0 saturated carbocycles. The lowest BCUT2D eigenvalue weighted by atomic mass is 9.90. The fourth-order valence-corrected chi connectivity index (χ4v) is 3.37. The van der Waals surface area contributed by atoms with Crippen molar-refractivity contribution in [1.82, 2.24) is 0 Å². The van der Waals surface area contributed by atoms with E-state index in [-0.39, 0.29) is 11.4 Å². The summed E-state index contributed by atoms with van der Waals surface area (Å²) in [4.78, 5) is 0. The molecule has 2 aliphatic heterocycles. The molecule has 4 heteroatoms. The van der Waals surface area contributed by atoms with Gasteiger partial charge in [-0.15, -0.1) is 0 Å². The van der Waals surface area contributed by atoms with Gasteiger partial charge in [0.1, 0.15) is 37.3 Å². The normalized spacial score (nSPS) is 17.8. The van der Waals surface area contributed by atoms with Crippen molar-refractivity contribution < 1.29 is 14.6 Å². The molecule has 0 aromatic heterocycles. The molecule has 4 rings (SSSR count). The second-order valence-electron chi connectivity index (χ2n) is 7.06. The topological polar surface area (TPSA) is 38.7 Å². The lowest BCUT2D eigenvalue weighted by Crippen LogP contribution is -2.33. The summed E-state index contributed by atoms with van der Waals surface area (Å²) < 4.78 is 12.1. The van der Waals surface area contributed by atoms with Crippen LogP contribution in [0.15, 0.2) is 30.3 Å². The summed E-state index contributed by atoms with van der Waals surface area (Å²) >= 11 is 0. The van der Waals surface area contributed by atoms with Crippen LogP contribution in [0.1, 0.15) is 37.0 Å². The number of rotatable bonds is 1. The molecular weight excluding hydrogens is 299 g/mol. The molecule has 0 saturated heterocycles. The van der Waals surface area contributed by atoms with E-state index in [1.807, 2.05) is 18.2 Å². The van der Waals surface area contributed by atoms with Crippen molar-refractivity contribution in [2.75, 3.05) is 6.61 Å². The third-order valence-electron chi connectivity index (χ3n) is 4.68. The Labute approximate surface area is 143 Å². The number of benzene rings is 2. The van der Waals surface area contributed by atoms with E-state index < -0.39 is 0 Å². The first-order valence-corrected chi connectivity index (χ1v) is 8.20. The maximum absolute atomic E-state index is 10.1. The predicted molar refractivity (Wildman–Crippen MR) is 96.3 cm³/mol. The third-order valence-corrected chi connectivity index (χ3v) is 4.68. The summed E-state index contributed by atoms with van der Waals surface area (Å²) in [5.74, 6) is 2.00. The smallest absolute Gasteiger partial charge is 0.133 e. The summed E-state index contributed by atoms with van der Waals surface area (Å²) in [5, 5.41) is 10.1. The van der Waals surface area contributed by atoms with Gasteiger partial charge in [0.15, 0.2) is 0 Å². The molecule has 1 N–H and O–H groups in total. The van der Waals surface area contributed by atoms with Gasteiger partial charge in [-0.3, -0.25) is 0 Å². The van der Waals surface area contributed by atoms with E-state index in [1.54, 1.807) is 12.1 Å². The van der Waals surface area contributed by atoms with Gasteiger partial charge in [0.25, 0.3) is 0 Å². The molecule has 0 aliphatic carbocycles. The molecule has 0 atom stereocenters. The number of hydrogen-bond donors (Lipinski definition) is 1. The van der Waals surface area contributed by atoms with Crippen molar-refractivity contribution in [3.63, 3.8) is 0 Å². The molecule has 3 nitrogen and oxygen atoms in total. The van der Waals surface area contributed by atoms with Crippen molar-refractivity contribution in [2.24, 2.45) is 0 Å². The predicted octanol–water partition coefficient (Wildman–Crippen LogP) is 3.22. The van der Waals surface area contributed by atoms with E-state index in [0.29, 0.717) is 12.1 Å². The second kappa shape index (κ2) is 5.33. The summed E-state index contributed by atoms with van der Waals surface area (Å²) in [7, 11) is 5.71. The molecule has 0 bridgehead atoms. The monoisotopic (exact) mass is 318 g/mol. The first kappa shape index (κ1) is 15.2. The van der Waals surface area contributed by atoms with E-state index in [1.165, 1.54) is 0 Å². The molecule has 2 aromatic rings. The summed E-state index contributed by atoms with van der Waals surface area (Å²) in [6.07, 6.45) is 3.99. The van der Waals surface area contributed by atoms with Crippen LogP contribution in [0, 0.1) is 0 Å². The van der Waals surface area contributed by atoms with Gasteiger partial charge in [-0.1, -0.05) is 17.6 Å². The number of fused-ring (bicyclic) bond motifs is 3. The van der Waals surface area contributed by atoms with Crippen LogP contribution >= 0.6 is 0 Å². The highest BCUT2D eigenvalue weighted by Gasteiger charge is 2.30. The Morgan fingerprint density at radius 2 is 2.00 bits per heavy atom. The molecule has 0 amide bonds. The molecular formula is C20H19BO3. The molecule has 0 unspecified atom stereocenters. The van der Waals surface area contributed by atoms with Crippen molar-refractivity contribution in [1.29, 1.82) is 0 Å². The van der Waals surface area contributed by atoms with Crippen molar-refractivity contribution in [3.8, 4) is 17.2 Å². The van der Waals surface area contributed by atoms with E-state index >= 15 is 0 Å². The minimum absolute atomic E-state index is 0.132. The quantitative estimate of drug-likeness (QED) is 0.821. The Morgan fingerprint density at radius 1 is 1.17 bits per heavy atom. The van der Waals surface area contributed by atoms with Crippen molar-refractivity contribution >= 4 is 25.0 Å². The Hall–Kier alpha value is -2.36. The average molecular weight is 318 g/mol. The first-order chi connectivity index (χ1) is 11.4. The molecule has 120 valence electrons. The highest BCUT2D eigenvalue weighted by Crippen LogP contribution is 2.43. The molecule has 0 fully saturated rings. The van der Waals surface area contributed by atoms with Gasteiger partial charge in [0.05, 0.1) is 0 Å². The molecule has 2 radical (unpaired) electrons. The number of phenolic OH excluding ortho intramolecular Hbond substituents is 1. The van der Waals surface area contributed by atoms with Crippen molar-refractivity contribution in [3.05, 3.63) is 47.0 Å². The third kappa shape index (κ3) is 2.56. The van der Waals surface area contributed by atoms with Crippen LogP contribution < -0.4 is 14.9 Å². The fraction of sp³-hybridized carbons (Fsp3) is 0.300. The van der Waals surface area contributed by atoms with Crippen LogP contribution in [-0.2, 0) is 6.42 Å². The summed E-state index contributed by atoms with van der Waals surface area (Å²) in [6, 6.07) is 9.21. The zero-order valence-corrected chi connectivity index (χ0v) is 13.9. The fourth-order valence-electron chi connectivity index (χ4n) is 3.37. The first-order valence-electron chi connectivity index (χ1n) is 8.20. The van der Waals surface area contributed by atoms with Gasteiger partial charge in [-0.25, -0.2) is 0 Å². The standard InChI is InChI=1S/C20H19BO3/c1-20(2)8-7-16-18(24-20)6-3-12-9-13(11-23-19(12)16)15-5-4-14(21)10-17(15)22/h3-6,9-10,22H,7-8,11H2,1-2H3. The number of phenols is 1. The highest BCUT2D eigenvalue weighted by molar-refractivity contribution is 6.32. The minimum atomic E-state index is -0.132. The SMILES string of the molecule is [B]c1ccc(C2=Cc3ccc4c(c3OC2)CCC(C)(C)O4)c(O)c1. The molecule has 24 heavy (non-hydrogen) atoms. The van der Waals surface area contributed by atoms with Crippen LogP contribution in [-0.4, -0.2) is 25.2 Å². The molecule has 0 spiro atoms. The lowest BCUT2D eigenvalue weighted by molar-refractivity contribution is 0.0834. The highest BCUT2D eigenvalue weighted by atomic mass is 16.5. The lowest BCUT2D eigenvalue weighted by Gasteiger charge is -2.34. The van der Waals surface area contributed by atoms with Crippen LogP contribution in [0.25, 0.3) is 11.6 Å². The Bertz CT molecular complexity index is 852. The molecule has 2 aliphatic rings. The zero-order chi connectivity index (χ0) is 16.9. The van der Waals surface area contributed by atoms with Crippen LogP contribution in [0.3, 0.4) is 0 Å². The summed E-state index contributed by atoms with van der Waals surface area (Å²) in [5.41, 5.74) is 4.27. The van der Waals surface area contributed by atoms with E-state index in [2.05, 4.69) is 19.9 Å².